The standard InChI is InChI=1S/C36H52ClFN2O2.C3H8.CH3.Cr/c1-24-10-8-12-33(34(24)26-13-15-32(16-14-26)42-36(3,4)5)35(25(2)41)40(7)19-17-27(22-31-11-9-18-39(31)6)28-20-29(37)23-30(38)21-28;1-3-2;;/h8,10,12,20-21,23,26-27,31-32,35H,9,11,13-19,22H2,1-7H3;3H2,1-2H3;1H3;/q;;-1;/t26?,27?,31-,32?,35?;;;/m0.../s1. The quantitative estimate of drug-likeness (QED) is 0.218. The van der Waals surface area contributed by atoms with Crippen LogP contribution in [0.2, 0.25) is 5.02 Å². The largest absolute Gasteiger partial charge is 0.373 e. The van der Waals surface area contributed by atoms with Gasteiger partial charge in [-0.3, -0.25) is 9.69 Å². The number of aryl methyl sites for hydroxylation is 1. The van der Waals surface area contributed by atoms with E-state index >= 15 is 0 Å². The van der Waals surface area contributed by atoms with Crippen LogP contribution in [0.4, 0.5) is 4.39 Å². The number of hydrogen-bond acceptors (Lipinski definition) is 4. The van der Waals surface area contributed by atoms with Crippen LogP contribution in [0.3, 0.4) is 0 Å². The average molecular weight is 710 g/mol. The predicted octanol–water partition coefficient (Wildman–Crippen LogP) is 10.7. The predicted molar refractivity (Wildman–Crippen MR) is 194 cm³/mol. The van der Waals surface area contributed by atoms with E-state index in [1.165, 1.54) is 30.0 Å². The number of carbonyl (C=O) groups excluding carboxylic acids is 1. The first-order valence-electron chi connectivity index (χ1n) is 17.4. The normalized spacial score (nSPS) is 21.2. The van der Waals surface area contributed by atoms with Crippen LogP contribution in [0, 0.1) is 20.2 Å². The Hall–Kier alpha value is -1.26. The van der Waals surface area contributed by atoms with E-state index in [2.05, 4.69) is 83.6 Å². The van der Waals surface area contributed by atoms with Gasteiger partial charge in [0.2, 0.25) is 0 Å². The molecule has 47 heavy (non-hydrogen) atoms. The van der Waals surface area contributed by atoms with Crippen LogP contribution in [0.1, 0.15) is 139 Å². The number of Topliss-reactive ketones (excluding diaryl/α,β-unsaturated/α-hetero) is 1. The van der Waals surface area contributed by atoms with E-state index in [-0.39, 0.29) is 53.9 Å². The van der Waals surface area contributed by atoms with E-state index < -0.39 is 0 Å². The van der Waals surface area contributed by atoms with Crippen LogP contribution in [0.5, 0.6) is 0 Å². The van der Waals surface area contributed by atoms with Crippen molar-refractivity contribution in [1.82, 2.24) is 9.80 Å². The Morgan fingerprint density at radius 3 is 2.28 bits per heavy atom. The summed E-state index contributed by atoms with van der Waals surface area (Å²) in [5.74, 6) is 0.462. The van der Waals surface area contributed by atoms with E-state index in [1.54, 1.807) is 13.0 Å². The van der Waals surface area contributed by atoms with Crippen molar-refractivity contribution >= 4 is 17.4 Å². The minimum absolute atomic E-state index is 0. The molecule has 4 nitrogen and oxygen atoms in total. The van der Waals surface area contributed by atoms with Gasteiger partial charge in [-0.25, -0.2) is 4.39 Å². The number of ketones is 1. The molecule has 2 unspecified atom stereocenters. The Morgan fingerprint density at radius 1 is 1.11 bits per heavy atom. The molecule has 1 heterocycles. The Labute approximate surface area is 303 Å². The zero-order valence-electron chi connectivity index (χ0n) is 31.0. The van der Waals surface area contributed by atoms with Crippen molar-refractivity contribution in [3.63, 3.8) is 0 Å². The topological polar surface area (TPSA) is 32.8 Å². The average Bonchev–Trinajstić information content (AvgIpc) is 3.34. The van der Waals surface area contributed by atoms with Crippen LogP contribution in [-0.2, 0) is 26.9 Å². The van der Waals surface area contributed by atoms with Gasteiger partial charge < -0.3 is 17.1 Å². The maximum Gasteiger partial charge on any atom is 0.151 e. The molecule has 266 valence electrons. The van der Waals surface area contributed by atoms with Gasteiger partial charge in [-0.05, 0) is 165 Å². The molecule has 0 bridgehead atoms. The Bertz CT molecular complexity index is 1210. The van der Waals surface area contributed by atoms with Gasteiger partial charge in [0, 0.05) is 28.4 Å². The van der Waals surface area contributed by atoms with E-state index in [1.807, 2.05) is 6.07 Å². The van der Waals surface area contributed by atoms with E-state index in [0.717, 1.165) is 69.2 Å². The van der Waals surface area contributed by atoms with Gasteiger partial charge in [0.25, 0.3) is 0 Å². The fourth-order valence-electron chi connectivity index (χ4n) is 7.56. The van der Waals surface area contributed by atoms with Crippen LogP contribution in [0.25, 0.3) is 0 Å². The summed E-state index contributed by atoms with van der Waals surface area (Å²) >= 11 is 6.31. The smallest absolute Gasteiger partial charge is 0.151 e. The molecule has 0 amide bonds. The van der Waals surface area contributed by atoms with Gasteiger partial charge in [0.05, 0.1) is 17.7 Å². The van der Waals surface area contributed by atoms with Crippen molar-refractivity contribution in [3.05, 3.63) is 76.9 Å². The summed E-state index contributed by atoms with van der Waals surface area (Å²) in [6.07, 6.45) is 9.95. The zero-order valence-corrected chi connectivity index (χ0v) is 33.0. The fourth-order valence-corrected chi connectivity index (χ4v) is 7.79. The van der Waals surface area contributed by atoms with Gasteiger partial charge in [-0.1, -0.05) is 50.1 Å². The van der Waals surface area contributed by atoms with Crippen molar-refractivity contribution in [1.29, 1.82) is 0 Å². The first-order valence-corrected chi connectivity index (χ1v) is 17.8. The van der Waals surface area contributed by atoms with Gasteiger partial charge in [-0.15, -0.1) is 0 Å². The minimum Gasteiger partial charge on any atom is -0.373 e. The molecule has 0 N–H and O–H groups in total. The molecule has 1 aliphatic heterocycles. The molecule has 0 radical (unpaired) electrons. The Morgan fingerprint density at radius 2 is 1.74 bits per heavy atom. The zero-order chi connectivity index (χ0) is 33.3. The van der Waals surface area contributed by atoms with Crippen molar-refractivity contribution in [2.24, 2.45) is 0 Å². The third kappa shape index (κ3) is 13.2. The van der Waals surface area contributed by atoms with Crippen molar-refractivity contribution in [2.45, 2.75) is 142 Å². The van der Waals surface area contributed by atoms with Gasteiger partial charge in [0.1, 0.15) is 5.82 Å². The molecule has 2 aliphatic rings. The van der Waals surface area contributed by atoms with Crippen molar-refractivity contribution < 1.29 is 31.3 Å². The van der Waals surface area contributed by atoms with Crippen LogP contribution >= 0.6 is 11.6 Å². The summed E-state index contributed by atoms with van der Waals surface area (Å²) in [6, 6.07) is 11.6. The number of nitrogens with zero attached hydrogens (tertiary/aromatic N) is 2. The van der Waals surface area contributed by atoms with E-state index in [0.29, 0.717) is 23.1 Å². The minimum atomic E-state index is -0.311. The second-order valence-electron chi connectivity index (χ2n) is 14.7. The molecule has 1 saturated heterocycles. The Balaban J connectivity index is 0.00000213. The summed E-state index contributed by atoms with van der Waals surface area (Å²) in [4.78, 5) is 18.0. The van der Waals surface area contributed by atoms with Gasteiger partial charge in [-0.2, -0.15) is 0 Å². The number of halogens is 2. The van der Waals surface area contributed by atoms with Crippen molar-refractivity contribution in [3.8, 4) is 0 Å². The third-order valence-electron chi connectivity index (χ3n) is 9.50. The molecule has 4 rings (SSSR count). The summed E-state index contributed by atoms with van der Waals surface area (Å²) in [5.41, 5.74) is 4.59. The molecule has 2 fully saturated rings. The van der Waals surface area contributed by atoms with Gasteiger partial charge >= 0.3 is 0 Å². The molecule has 2 aromatic rings. The molecular weight excluding hydrogens is 647 g/mol. The second kappa shape index (κ2) is 20.4. The number of hydrogen-bond donors (Lipinski definition) is 0. The third-order valence-corrected chi connectivity index (χ3v) is 9.71. The number of carbonyl (C=O) groups is 1. The molecule has 7 heteroatoms. The summed E-state index contributed by atoms with van der Waals surface area (Å²) < 4.78 is 20.7. The number of likely N-dealkylation sites (N-methyl/N-ethyl adjacent to an activating group) is 1. The SMILES string of the molecule is CC(=O)C(c1cccc(C)c1C1CCC(OC(C)(C)C)CC1)N(C)CCC(C[C@@H]1CCCN1C)c1cc(F)cc(Cl)c1.CCC.[CH3-].[Cr]. The number of benzene rings is 2. The van der Waals surface area contributed by atoms with E-state index in [9.17, 15) is 9.18 Å². The molecule has 1 saturated carbocycles. The van der Waals surface area contributed by atoms with Crippen molar-refractivity contribution in [2.75, 3.05) is 27.2 Å². The first kappa shape index (κ1) is 43.8. The molecule has 2 aromatic carbocycles. The Kier molecular flexibility index (Phi) is 19.0. The second-order valence-corrected chi connectivity index (χ2v) is 15.1. The van der Waals surface area contributed by atoms with Crippen LogP contribution in [0.15, 0.2) is 36.4 Å². The number of rotatable bonds is 11. The van der Waals surface area contributed by atoms with Crippen LogP contribution < -0.4 is 0 Å². The molecule has 3 atom stereocenters. The molecule has 0 aromatic heterocycles. The van der Waals surface area contributed by atoms with Crippen LogP contribution in [-0.4, -0.2) is 60.5 Å². The first-order chi connectivity index (χ1) is 21.2. The molecule has 1 aliphatic carbocycles. The molecule has 0 spiro atoms. The molecular formula is C40H63ClCrFN2O2-. The summed E-state index contributed by atoms with van der Waals surface area (Å²) in [5, 5.41) is 0.441. The number of likely N-dealkylation sites (tertiary alicyclic amines) is 1. The number of ether oxygens (including phenoxy) is 1. The van der Waals surface area contributed by atoms with Gasteiger partial charge in [0.15, 0.2) is 5.78 Å². The fraction of sp³-hybridized carbons (Fsp3) is 0.650. The summed E-state index contributed by atoms with van der Waals surface area (Å²) in [7, 11) is 4.26. The summed E-state index contributed by atoms with van der Waals surface area (Å²) in [6.45, 7) is 16.4. The van der Waals surface area contributed by atoms with E-state index in [4.69, 9.17) is 16.3 Å². The maximum absolute atomic E-state index is 14.4. The monoisotopic (exact) mass is 709 g/mol. The maximum atomic E-state index is 14.4.